The van der Waals surface area contributed by atoms with E-state index in [0.717, 1.165) is 59.6 Å². The standard InChI is InChI=1S/C31H33N2O3.HI/c1-22(35-30(34)19-23-9-3-2-4-10-23)31-26-13-11-24(32-15-5-6-16-32)20-28(26)36-29-21-25(12-14-27(29)31)33-17-7-8-18-33;/h2-4,9-14,20-22H,5-8,15-19H2,1H3;1H/q+1;/p-1. The van der Waals surface area contributed by atoms with Crippen LogP contribution in [0.3, 0.4) is 0 Å². The number of hydrogen-bond acceptors (Lipinski definition) is 4. The Kier molecular flexibility index (Phi) is 7.84. The second kappa shape index (κ2) is 11.3. The Hall–Kier alpha value is -2.87. The van der Waals surface area contributed by atoms with E-state index in [2.05, 4.69) is 45.9 Å². The van der Waals surface area contributed by atoms with Gasteiger partial charge in [0.25, 0.3) is 0 Å². The summed E-state index contributed by atoms with van der Waals surface area (Å²) in [5.41, 5.74) is 5.00. The van der Waals surface area contributed by atoms with E-state index in [-0.39, 0.29) is 36.4 Å². The van der Waals surface area contributed by atoms with Crippen molar-refractivity contribution in [2.24, 2.45) is 0 Å². The molecule has 0 radical (unpaired) electrons. The number of benzene rings is 3. The van der Waals surface area contributed by atoms with E-state index >= 15 is 0 Å². The minimum atomic E-state index is -0.405. The molecular weight excluding hydrogens is 575 g/mol. The SMILES string of the molecule is CC(OC(=O)Cc1ccccc1)c1c2ccc(=[N+]3CCCC3)cc-2oc2cc(N3CCCC3)ccc12.[I-]. The van der Waals surface area contributed by atoms with Crippen molar-refractivity contribution < 1.29 is 37.9 Å². The Morgan fingerprint density at radius 1 is 0.973 bits per heavy atom. The van der Waals surface area contributed by atoms with Gasteiger partial charge in [0.15, 0.2) is 0 Å². The van der Waals surface area contributed by atoms with Gasteiger partial charge in [0.05, 0.1) is 12.5 Å². The van der Waals surface area contributed by atoms with Gasteiger partial charge in [-0.1, -0.05) is 30.3 Å². The molecule has 4 aliphatic rings. The summed E-state index contributed by atoms with van der Waals surface area (Å²) in [5.74, 6) is 0.615. The molecule has 0 saturated carbocycles. The molecule has 1 atom stereocenters. The lowest BCUT2D eigenvalue weighted by Crippen LogP contribution is -3.00. The molecule has 0 N–H and O–H groups in total. The van der Waals surface area contributed by atoms with Crippen LogP contribution in [0.25, 0.3) is 22.3 Å². The fourth-order valence-electron chi connectivity index (χ4n) is 5.74. The zero-order chi connectivity index (χ0) is 24.5. The van der Waals surface area contributed by atoms with Gasteiger partial charge < -0.3 is 38.0 Å². The highest BCUT2D eigenvalue weighted by Crippen LogP contribution is 2.39. The zero-order valence-corrected chi connectivity index (χ0v) is 23.4. The third-order valence-corrected chi connectivity index (χ3v) is 7.58. The van der Waals surface area contributed by atoms with Crippen molar-refractivity contribution in [2.45, 2.75) is 45.1 Å². The number of hydrogen-bond donors (Lipinski definition) is 0. The van der Waals surface area contributed by atoms with Crippen LogP contribution in [0.1, 0.15) is 49.8 Å². The number of esters is 1. The largest absolute Gasteiger partial charge is 1.00 e. The summed E-state index contributed by atoms with van der Waals surface area (Å²) in [5, 5.41) is 2.19. The van der Waals surface area contributed by atoms with Gasteiger partial charge in [0.2, 0.25) is 5.36 Å². The summed E-state index contributed by atoms with van der Waals surface area (Å²) in [6, 6.07) is 22.7. The summed E-state index contributed by atoms with van der Waals surface area (Å²) in [6.07, 6.45) is 4.77. The zero-order valence-electron chi connectivity index (χ0n) is 21.3. The van der Waals surface area contributed by atoms with Gasteiger partial charge in [-0.15, -0.1) is 0 Å². The fraction of sp³-hybridized carbons (Fsp3) is 0.355. The lowest BCUT2D eigenvalue weighted by atomic mass is 9.95. The molecule has 192 valence electrons. The van der Waals surface area contributed by atoms with Crippen LogP contribution in [-0.4, -0.2) is 32.1 Å². The van der Waals surface area contributed by atoms with Crippen molar-refractivity contribution in [2.75, 3.05) is 31.1 Å². The Labute approximate surface area is 235 Å². The summed E-state index contributed by atoms with van der Waals surface area (Å²) in [6.45, 7) is 6.30. The second-order valence-electron chi connectivity index (χ2n) is 10.1. The van der Waals surface area contributed by atoms with Crippen LogP contribution in [0.2, 0.25) is 0 Å². The van der Waals surface area contributed by atoms with Crippen LogP contribution in [0.15, 0.2) is 71.1 Å². The highest BCUT2D eigenvalue weighted by molar-refractivity contribution is 5.91. The van der Waals surface area contributed by atoms with E-state index in [1.165, 1.54) is 36.7 Å². The normalized spacial score (nSPS) is 16.2. The molecule has 6 rings (SSSR count). The third-order valence-electron chi connectivity index (χ3n) is 7.58. The van der Waals surface area contributed by atoms with Gasteiger partial charge >= 0.3 is 5.97 Å². The number of rotatable bonds is 5. The topological polar surface area (TPSA) is 45.7 Å². The molecule has 6 heteroatoms. The van der Waals surface area contributed by atoms with Gasteiger partial charge in [0, 0.05) is 60.3 Å². The average molecular weight is 609 g/mol. The smallest absolute Gasteiger partial charge is 0.310 e. The number of ether oxygens (including phenoxy) is 1. The first-order chi connectivity index (χ1) is 17.7. The van der Waals surface area contributed by atoms with Gasteiger partial charge in [-0.25, -0.2) is 4.58 Å². The van der Waals surface area contributed by atoms with Crippen molar-refractivity contribution in [3.8, 4) is 11.3 Å². The first kappa shape index (κ1) is 25.8. The molecule has 2 aromatic carbocycles. The average Bonchev–Trinajstić information content (AvgIpc) is 3.62. The molecule has 3 heterocycles. The van der Waals surface area contributed by atoms with Crippen molar-refractivity contribution in [3.05, 3.63) is 83.2 Å². The maximum absolute atomic E-state index is 12.9. The fourth-order valence-corrected chi connectivity index (χ4v) is 5.74. The van der Waals surface area contributed by atoms with Crippen molar-refractivity contribution in [1.29, 1.82) is 0 Å². The maximum atomic E-state index is 12.9. The lowest BCUT2D eigenvalue weighted by molar-refractivity contribution is -0.147. The number of fused-ring (bicyclic) bond motifs is 2. The van der Waals surface area contributed by atoms with Crippen LogP contribution in [-0.2, 0) is 16.0 Å². The Balaban J connectivity index is 0.00000280. The molecule has 1 aliphatic carbocycles. The van der Waals surface area contributed by atoms with E-state index in [0.29, 0.717) is 0 Å². The number of anilines is 1. The molecule has 2 aromatic rings. The quantitative estimate of drug-likeness (QED) is 0.151. The van der Waals surface area contributed by atoms with E-state index in [1.807, 2.05) is 37.3 Å². The molecule has 0 amide bonds. The molecule has 0 bridgehead atoms. The number of carbonyl (C=O) groups is 1. The molecule has 37 heavy (non-hydrogen) atoms. The molecule has 5 nitrogen and oxygen atoms in total. The molecule has 0 spiro atoms. The summed E-state index contributed by atoms with van der Waals surface area (Å²) < 4.78 is 15.0. The maximum Gasteiger partial charge on any atom is 0.310 e. The summed E-state index contributed by atoms with van der Waals surface area (Å²) in [4.78, 5) is 15.3. The minimum Gasteiger partial charge on any atom is -1.00 e. The molecular formula is C31H33IN2O3. The summed E-state index contributed by atoms with van der Waals surface area (Å²) in [7, 11) is 0. The van der Waals surface area contributed by atoms with Gasteiger partial charge in [-0.05, 0) is 43.5 Å². The van der Waals surface area contributed by atoms with Crippen molar-refractivity contribution in [3.63, 3.8) is 0 Å². The lowest BCUT2D eigenvalue weighted by Gasteiger charge is -2.22. The highest BCUT2D eigenvalue weighted by Gasteiger charge is 2.25. The van der Waals surface area contributed by atoms with E-state index < -0.39 is 6.10 Å². The van der Waals surface area contributed by atoms with Crippen molar-refractivity contribution >= 4 is 22.6 Å². The molecule has 1 unspecified atom stereocenters. The van der Waals surface area contributed by atoms with Crippen molar-refractivity contribution in [1.82, 2.24) is 4.58 Å². The highest BCUT2D eigenvalue weighted by atomic mass is 127. The van der Waals surface area contributed by atoms with Gasteiger partial charge in [0.1, 0.15) is 30.5 Å². The van der Waals surface area contributed by atoms with Gasteiger partial charge in [-0.3, -0.25) is 4.79 Å². The first-order valence-electron chi connectivity index (χ1n) is 13.2. The third kappa shape index (κ3) is 5.40. The Morgan fingerprint density at radius 2 is 1.73 bits per heavy atom. The number of carbonyl (C=O) groups excluding carboxylic acids is 1. The number of halogens is 1. The predicted molar refractivity (Wildman–Crippen MR) is 143 cm³/mol. The second-order valence-corrected chi connectivity index (χ2v) is 10.1. The first-order valence-corrected chi connectivity index (χ1v) is 13.2. The molecule has 3 aliphatic heterocycles. The predicted octanol–water partition coefficient (Wildman–Crippen LogP) is 2.55. The minimum absolute atomic E-state index is 0. The van der Waals surface area contributed by atoms with E-state index in [9.17, 15) is 4.79 Å². The summed E-state index contributed by atoms with van der Waals surface area (Å²) >= 11 is 0. The van der Waals surface area contributed by atoms with Crippen LogP contribution >= 0.6 is 0 Å². The van der Waals surface area contributed by atoms with Crippen LogP contribution in [0.5, 0.6) is 0 Å². The monoisotopic (exact) mass is 608 g/mol. The van der Waals surface area contributed by atoms with Crippen LogP contribution in [0.4, 0.5) is 5.69 Å². The van der Waals surface area contributed by atoms with E-state index in [4.69, 9.17) is 9.15 Å². The Bertz CT molecular complexity index is 1430. The van der Waals surface area contributed by atoms with Crippen LogP contribution < -0.4 is 38.8 Å². The van der Waals surface area contributed by atoms with Crippen LogP contribution in [0, 0.1) is 0 Å². The molecule has 2 saturated heterocycles. The number of nitrogens with zero attached hydrogens (tertiary/aromatic N) is 2. The molecule has 0 aromatic heterocycles. The van der Waals surface area contributed by atoms with E-state index in [1.54, 1.807) is 0 Å². The Morgan fingerprint density at radius 3 is 2.49 bits per heavy atom. The van der Waals surface area contributed by atoms with Gasteiger partial charge in [-0.2, -0.15) is 0 Å². The molecule has 2 fully saturated rings.